The van der Waals surface area contributed by atoms with E-state index in [-0.39, 0.29) is 18.3 Å². The molecule has 148 valence electrons. The summed E-state index contributed by atoms with van der Waals surface area (Å²) >= 11 is 0. The van der Waals surface area contributed by atoms with Crippen LogP contribution in [-0.4, -0.2) is 25.5 Å². The molecule has 3 rings (SSSR count). The number of likely N-dealkylation sites (N-methyl/N-ethyl adjacent to an activating group) is 1. The number of carbonyl (C=O) groups excluding carboxylic acids is 2. The normalized spacial score (nSPS) is 11.7. The van der Waals surface area contributed by atoms with Crippen molar-refractivity contribution in [3.63, 3.8) is 0 Å². The smallest absolute Gasteiger partial charge is 0.320 e. The van der Waals surface area contributed by atoms with Crippen molar-refractivity contribution in [2.45, 2.75) is 6.04 Å². The van der Waals surface area contributed by atoms with Crippen molar-refractivity contribution < 1.29 is 18.9 Å². The molecule has 0 aromatic heterocycles. The lowest BCUT2D eigenvalue weighted by molar-refractivity contribution is -0.898. The predicted molar refractivity (Wildman–Crippen MR) is 110 cm³/mol. The molecular weight excluding hydrogens is 369 g/mol. The van der Waals surface area contributed by atoms with Gasteiger partial charge in [-0.3, -0.25) is 10.1 Å². The van der Waals surface area contributed by atoms with Crippen LogP contribution in [0.1, 0.15) is 17.2 Å². The number of halogens is 1. The van der Waals surface area contributed by atoms with E-state index in [4.69, 9.17) is 0 Å². The average Bonchev–Trinajstić information content (AvgIpc) is 2.71. The number of urea groups is 1. The first-order valence-electron chi connectivity index (χ1n) is 9.32. The summed E-state index contributed by atoms with van der Waals surface area (Å²) in [6.07, 6.45) is 0. The maximum atomic E-state index is 13.6. The molecule has 0 heterocycles. The first kappa shape index (κ1) is 20.2. The van der Waals surface area contributed by atoms with Crippen molar-refractivity contribution >= 4 is 17.6 Å². The molecule has 3 amide bonds. The Morgan fingerprint density at radius 2 is 1.38 bits per heavy atom. The Morgan fingerprint density at radius 1 is 0.862 bits per heavy atom. The molecule has 3 aromatic rings. The molecule has 5 nitrogen and oxygen atoms in total. The molecule has 3 N–H and O–H groups in total. The summed E-state index contributed by atoms with van der Waals surface area (Å²) in [6, 6.07) is 24.8. The van der Waals surface area contributed by atoms with E-state index >= 15 is 0 Å². The standard InChI is InChI=1S/C23H22FN3O2/c1-27(16-21(28)26-23(29)25-20-15-9-8-14-19(20)24)22(17-10-4-2-5-11-17)18-12-6-3-7-13-18/h2-15,22H,16H2,1H3,(H2,25,26,28,29)/p+1. The van der Waals surface area contributed by atoms with E-state index in [1.165, 1.54) is 18.2 Å². The van der Waals surface area contributed by atoms with Gasteiger partial charge in [-0.25, -0.2) is 9.18 Å². The van der Waals surface area contributed by atoms with Crippen LogP contribution < -0.4 is 15.5 Å². The molecule has 0 radical (unpaired) electrons. The number of nitrogens with one attached hydrogen (secondary N) is 3. The lowest BCUT2D eigenvalue weighted by Gasteiger charge is -2.25. The van der Waals surface area contributed by atoms with Gasteiger partial charge in [0, 0.05) is 11.1 Å². The second-order valence-corrected chi connectivity index (χ2v) is 6.76. The number of carbonyl (C=O) groups is 2. The van der Waals surface area contributed by atoms with Crippen LogP contribution in [0, 0.1) is 5.82 Å². The van der Waals surface area contributed by atoms with E-state index in [9.17, 15) is 14.0 Å². The summed E-state index contributed by atoms with van der Waals surface area (Å²) in [6.45, 7) is 0.0686. The lowest BCUT2D eigenvalue weighted by atomic mass is 9.97. The van der Waals surface area contributed by atoms with Crippen LogP contribution in [0.4, 0.5) is 14.9 Å². The molecule has 0 aliphatic rings. The molecule has 3 aromatic carbocycles. The number of rotatable bonds is 6. The van der Waals surface area contributed by atoms with E-state index in [1.54, 1.807) is 6.07 Å². The predicted octanol–water partition coefficient (Wildman–Crippen LogP) is 2.78. The van der Waals surface area contributed by atoms with Crippen LogP contribution in [0.5, 0.6) is 0 Å². The van der Waals surface area contributed by atoms with E-state index < -0.39 is 17.8 Å². The molecule has 0 fully saturated rings. The summed E-state index contributed by atoms with van der Waals surface area (Å²) in [4.78, 5) is 25.4. The second kappa shape index (κ2) is 9.61. The Morgan fingerprint density at radius 3 is 1.93 bits per heavy atom. The number of hydrogen-bond donors (Lipinski definition) is 3. The van der Waals surface area contributed by atoms with Gasteiger partial charge >= 0.3 is 6.03 Å². The Balaban J connectivity index is 1.67. The largest absolute Gasteiger partial charge is 0.326 e. The molecular formula is C23H23FN3O2+. The third kappa shape index (κ3) is 5.49. The Labute approximate surface area is 169 Å². The maximum absolute atomic E-state index is 13.6. The van der Waals surface area contributed by atoms with Crippen LogP contribution in [0.2, 0.25) is 0 Å². The SMILES string of the molecule is C[NH+](CC(=O)NC(=O)Nc1ccccc1F)C(c1ccccc1)c1ccccc1. The van der Waals surface area contributed by atoms with Crippen molar-refractivity contribution in [1.82, 2.24) is 5.32 Å². The number of para-hydroxylation sites is 1. The van der Waals surface area contributed by atoms with Gasteiger partial charge in [-0.2, -0.15) is 0 Å². The van der Waals surface area contributed by atoms with Gasteiger partial charge in [-0.15, -0.1) is 0 Å². The average molecular weight is 392 g/mol. The third-order valence-electron chi connectivity index (χ3n) is 4.57. The first-order chi connectivity index (χ1) is 14.0. The van der Waals surface area contributed by atoms with Gasteiger partial charge in [0.2, 0.25) is 0 Å². The minimum absolute atomic E-state index is 0.0185. The molecule has 0 saturated heterocycles. The Kier molecular flexibility index (Phi) is 6.71. The van der Waals surface area contributed by atoms with Crippen molar-refractivity contribution in [3.05, 3.63) is 102 Å². The summed E-state index contributed by atoms with van der Waals surface area (Å²) in [7, 11) is 1.90. The molecule has 1 unspecified atom stereocenters. The van der Waals surface area contributed by atoms with Crippen molar-refractivity contribution in [2.75, 3.05) is 18.9 Å². The van der Waals surface area contributed by atoms with Crippen molar-refractivity contribution in [2.24, 2.45) is 0 Å². The Bertz CT molecular complexity index is 925. The lowest BCUT2D eigenvalue weighted by Crippen LogP contribution is -3.10. The first-order valence-corrected chi connectivity index (χ1v) is 9.32. The van der Waals surface area contributed by atoms with E-state index in [1.807, 2.05) is 67.7 Å². The van der Waals surface area contributed by atoms with Crippen molar-refractivity contribution in [1.29, 1.82) is 0 Å². The molecule has 0 bridgehead atoms. The number of hydrogen-bond acceptors (Lipinski definition) is 2. The quantitative estimate of drug-likeness (QED) is 0.604. The third-order valence-corrected chi connectivity index (χ3v) is 4.57. The van der Waals surface area contributed by atoms with Gasteiger partial charge in [-0.05, 0) is 12.1 Å². The van der Waals surface area contributed by atoms with Crippen molar-refractivity contribution in [3.8, 4) is 0 Å². The number of quaternary nitrogens is 1. The van der Waals surface area contributed by atoms with Gasteiger partial charge in [0.15, 0.2) is 6.54 Å². The van der Waals surface area contributed by atoms with Crippen LogP contribution in [0.15, 0.2) is 84.9 Å². The zero-order valence-corrected chi connectivity index (χ0v) is 16.1. The van der Waals surface area contributed by atoms with Crippen LogP contribution in [0.25, 0.3) is 0 Å². The minimum Gasteiger partial charge on any atom is -0.320 e. The van der Waals surface area contributed by atoms with E-state index in [0.29, 0.717) is 0 Å². The molecule has 29 heavy (non-hydrogen) atoms. The molecule has 0 spiro atoms. The van der Waals surface area contributed by atoms with E-state index in [0.717, 1.165) is 16.0 Å². The summed E-state index contributed by atoms with van der Waals surface area (Å²) in [5.41, 5.74) is 2.16. The molecule has 0 saturated carbocycles. The van der Waals surface area contributed by atoms with Crippen LogP contribution in [0.3, 0.4) is 0 Å². The Hall–Kier alpha value is -3.51. The van der Waals surface area contributed by atoms with Gasteiger partial charge in [0.05, 0.1) is 12.7 Å². The number of imide groups is 1. The molecule has 0 aliphatic heterocycles. The van der Waals surface area contributed by atoms with Gasteiger partial charge in [0.1, 0.15) is 11.9 Å². The summed E-state index contributed by atoms with van der Waals surface area (Å²) < 4.78 is 13.6. The monoisotopic (exact) mass is 392 g/mol. The second-order valence-electron chi connectivity index (χ2n) is 6.76. The number of amides is 3. The highest BCUT2D eigenvalue weighted by molar-refractivity contribution is 6.01. The molecule has 1 atom stereocenters. The van der Waals surface area contributed by atoms with Crippen LogP contribution in [-0.2, 0) is 4.79 Å². The fourth-order valence-corrected chi connectivity index (χ4v) is 3.29. The zero-order chi connectivity index (χ0) is 20.6. The van der Waals surface area contributed by atoms with Gasteiger partial charge < -0.3 is 10.2 Å². The molecule has 6 heteroatoms. The summed E-state index contributed by atoms with van der Waals surface area (Å²) in [5, 5.41) is 4.62. The highest BCUT2D eigenvalue weighted by Crippen LogP contribution is 2.18. The highest BCUT2D eigenvalue weighted by atomic mass is 19.1. The summed E-state index contributed by atoms with van der Waals surface area (Å²) in [5.74, 6) is -1.01. The topological polar surface area (TPSA) is 62.6 Å². The fraction of sp³-hybridized carbons (Fsp3) is 0.130. The fourth-order valence-electron chi connectivity index (χ4n) is 3.29. The van der Waals surface area contributed by atoms with Crippen LogP contribution >= 0.6 is 0 Å². The maximum Gasteiger partial charge on any atom is 0.326 e. The molecule has 0 aliphatic carbocycles. The van der Waals surface area contributed by atoms with E-state index in [2.05, 4.69) is 10.6 Å². The van der Waals surface area contributed by atoms with Gasteiger partial charge in [-0.1, -0.05) is 72.8 Å². The highest BCUT2D eigenvalue weighted by Gasteiger charge is 2.25. The number of benzene rings is 3. The number of anilines is 1. The van der Waals surface area contributed by atoms with Gasteiger partial charge in [0.25, 0.3) is 5.91 Å². The zero-order valence-electron chi connectivity index (χ0n) is 16.1. The minimum atomic E-state index is -0.760.